The summed E-state index contributed by atoms with van der Waals surface area (Å²) in [6, 6.07) is 7.22. The van der Waals surface area contributed by atoms with Crippen LogP contribution in [0.1, 0.15) is 24.8 Å². The van der Waals surface area contributed by atoms with Crippen LogP contribution in [0.25, 0.3) is 0 Å². The number of anilines is 1. The topological polar surface area (TPSA) is 44.1 Å². The first-order valence-electron chi connectivity index (χ1n) is 6.19. The Balaban J connectivity index is 1.84. The van der Waals surface area contributed by atoms with Gasteiger partial charge in [0.2, 0.25) is 5.91 Å². The molecule has 1 aliphatic carbocycles. The molecule has 0 aromatic heterocycles. The summed E-state index contributed by atoms with van der Waals surface area (Å²) in [5.41, 5.74) is 1.26. The third-order valence-electron chi connectivity index (χ3n) is 3.83. The van der Waals surface area contributed by atoms with Crippen LogP contribution in [0, 0.1) is 23.2 Å². The Hall–Kier alpha value is -1.53. The number of rotatable bonds is 2. The first kappa shape index (κ1) is 11.6. The highest BCUT2D eigenvalue weighted by Gasteiger charge is 2.40. The number of hydrogen-bond acceptors (Lipinski definition) is 2. The van der Waals surface area contributed by atoms with Crippen molar-refractivity contribution in [2.24, 2.45) is 11.8 Å². The summed E-state index contributed by atoms with van der Waals surface area (Å²) >= 11 is 6.01. The molecular weight excluding hydrogens is 248 g/mol. The number of hydrogen-bond donors (Lipinski definition) is 0. The molecule has 4 heteroatoms. The second-order valence-electron chi connectivity index (χ2n) is 5.08. The fourth-order valence-corrected chi connectivity index (χ4v) is 2.85. The van der Waals surface area contributed by atoms with Crippen LogP contribution in [0.5, 0.6) is 0 Å². The van der Waals surface area contributed by atoms with Crippen LogP contribution in [0.15, 0.2) is 18.2 Å². The number of benzene rings is 1. The maximum absolute atomic E-state index is 12.0. The lowest BCUT2D eigenvalue weighted by atomic mass is 10.0. The molecule has 18 heavy (non-hydrogen) atoms. The Morgan fingerprint density at radius 3 is 2.72 bits per heavy atom. The molecule has 1 aromatic carbocycles. The molecule has 1 saturated carbocycles. The Bertz CT molecular complexity index is 545. The third-order valence-corrected chi connectivity index (χ3v) is 4.14. The molecule has 3 nitrogen and oxygen atoms in total. The number of carbonyl (C=O) groups is 1. The SMILES string of the molecule is N#Cc1ccc(N2CC(C3CC3)CC2=O)cc1Cl. The van der Waals surface area contributed by atoms with E-state index in [9.17, 15) is 4.79 Å². The lowest BCUT2D eigenvalue weighted by molar-refractivity contribution is -0.117. The lowest BCUT2D eigenvalue weighted by Crippen LogP contribution is -2.24. The average Bonchev–Trinajstić information content (AvgIpc) is 3.13. The molecule has 0 N–H and O–H groups in total. The van der Waals surface area contributed by atoms with Gasteiger partial charge in [0.25, 0.3) is 0 Å². The van der Waals surface area contributed by atoms with Crippen LogP contribution in [0.2, 0.25) is 5.02 Å². The first-order valence-corrected chi connectivity index (χ1v) is 6.57. The van der Waals surface area contributed by atoms with Crippen molar-refractivity contribution in [3.63, 3.8) is 0 Å². The van der Waals surface area contributed by atoms with E-state index in [4.69, 9.17) is 16.9 Å². The summed E-state index contributed by atoms with van der Waals surface area (Å²) in [6.07, 6.45) is 3.18. The zero-order chi connectivity index (χ0) is 12.7. The van der Waals surface area contributed by atoms with Gasteiger partial charge in [0.1, 0.15) is 6.07 Å². The molecule has 1 heterocycles. The molecule has 1 aliphatic heterocycles. The largest absolute Gasteiger partial charge is 0.312 e. The zero-order valence-electron chi connectivity index (χ0n) is 9.90. The minimum Gasteiger partial charge on any atom is -0.312 e. The van der Waals surface area contributed by atoms with E-state index < -0.39 is 0 Å². The van der Waals surface area contributed by atoms with Crippen molar-refractivity contribution < 1.29 is 4.79 Å². The maximum Gasteiger partial charge on any atom is 0.227 e. The summed E-state index contributed by atoms with van der Waals surface area (Å²) in [5, 5.41) is 9.25. The third kappa shape index (κ3) is 1.97. The number of carbonyl (C=O) groups excluding carboxylic acids is 1. The van der Waals surface area contributed by atoms with E-state index in [1.807, 2.05) is 6.07 Å². The van der Waals surface area contributed by atoms with Gasteiger partial charge in [0.05, 0.1) is 10.6 Å². The normalized spacial score (nSPS) is 23.2. The summed E-state index contributed by atoms with van der Waals surface area (Å²) in [5.74, 6) is 1.42. The molecular formula is C14H13ClN2O. The quantitative estimate of drug-likeness (QED) is 0.821. The van der Waals surface area contributed by atoms with Gasteiger partial charge in [0.15, 0.2) is 0 Å². The van der Waals surface area contributed by atoms with E-state index in [1.165, 1.54) is 12.8 Å². The number of nitriles is 1. The van der Waals surface area contributed by atoms with Crippen LogP contribution in [-0.2, 0) is 4.79 Å². The monoisotopic (exact) mass is 260 g/mol. The molecule has 1 unspecified atom stereocenters. The maximum atomic E-state index is 12.0. The number of nitrogens with zero attached hydrogens (tertiary/aromatic N) is 2. The molecule has 92 valence electrons. The lowest BCUT2D eigenvalue weighted by Gasteiger charge is -2.17. The molecule has 1 saturated heterocycles. The van der Waals surface area contributed by atoms with E-state index in [0.717, 1.165) is 18.2 Å². The Labute approximate surface area is 111 Å². The Morgan fingerprint density at radius 2 is 2.11 bits per heavy atom. The average molecular weight is 261 g/mol. The molecule has 1 atom stereocenters. The first-order chi connectivity index (χ1) is 8.69. The molecule has 0 radical (unpaired) electrons. The number of halogens is 1. The minimum absolute atomic E-state index is 0.174. The summed E-state index contributed by atoms with van der Waals surface area (Å²) < 4.78 is 0. The zero-order valence-corrected chi connectivity index (χ0v) is 10.7. The van der Waals surface area contributed by atoms with E-state index in [1.54, 1.807) is 23.1 Å². The van der Waals surface area contributed by atoms with Crippen molar-refractivity contribution in [1.82, 2.24) is 0 Å². The van der Waals surface area contributed by atoms with Crippen molar-refractivity contribution in [3.05, 3.63) is 28.8 Å². The van der Waals surface area contributed by atoms with Crippen molar-refractivity contribution >= 4 is 23.2 Å². The van der Waals surface area contributed by atoms with Gasteiger partial charge in [-0.25, -0.2) is 0 Å². The second kappa shape index (κ2) is 4.29. The van der Waals surface area contributed by atoms with E-state index >= 15 is 0 Å². The van der Waals surface area contributed by atoms with E-state index in [-0.39, 0.29) is 5.91 Å². The highest BCUT2D eigenvalue weighted by Crippen LogP contribution is 2.42. The van der Waals surface area contributed by atoms with Crippen molar-refractivity contribution in [2.45, 2.75) is 19.3 Å². The Morgan fingerprint density at radius 1 is 1.33 bits per heavy atom. The van der Waals surface area contributed by atoms with Gasteiger partial charge in [-0.15, -0.1) is 0 Å². The van der Waals surface area contributed by atoms with Crippen LogP contribution < -0.4 is 4.90 Å². The van der Waals surface area contributed by atoms with Gasteiger partial charge in [-0.3, -0.25) is 4.79 Å². The van der Waals surface area contributed by atoms with Crippen molar-refractivity contribution in [1.29, 1.82) is 5.26 Å². The predicted octanol–water partition coefficient (Wildman–Crippen LogP) is 2.97. The van der Waals surface area contributed by atoms with Gasteiger partial charge in [-0.05, 0) is 42.9 Å². The van der Waals surface area contributed by atoms with E-state index in [2.05, 4.69) is 0 Å². The van der Waals surface area contributed by atoms with Gasteiger partial charge in [0, 0.05) is 18.7 Å². The summed E-state index contributed by atoms with van der Waals surface area (Å²) in [4.78, 5) is 13.8. The predicted molar refractivity (Wildman–Crippen MR) is 69.4 cm³/mol. The summed E-state index contributed by atoms with van der Waals surface area (Å²) in [6.45, 7) is 0.797. The van der Waals surface area contributed by atoms with Crippen LogP contribution in [-0.4, -0.2) is 12.5 Å². The molecule has 1 aromatic rings. The number of amides is 1. The van der Waals surface area contributed by atoms with Gasteiger partial charge < -0.3 is 4.90 Å². The van der Waals surface area contributed by atoms with E-state index in [0.29, 0.717) is 22.9 Å². The standard InChI is InChI=1S/C14H13ClN2O/c15-13-6-12(4-3-10(13)7-16)17-8-11(5-14(17)18)9-1-2-9/h3-4,6,9,11H,1-2,5,8H2. The minimum atomic E-state index is 0.174. The van der Waals surface area contributed by atoms with Gasteiger partial charge >= 0.3 is 0 Å². The van der Waals surface area contributed by atoms with Gasteiger partial charge in [-0.2, -0.15) is 5.26 Å². The highest BCUT2D eigenvalue weighted by atomic mass is 35.5. The van der Waals surface area contributed by atoms with Crippen LogP contribution in [0.3, 0.4) is 0 Å². The van der Waals surface area contributed by atoms with Crippen LogP contribution in [0.4, 0.5) is 5.69 Å². The summed E-state index contributed by atoms with van der Waals surface area (Å²) in [7, 11) is 0. The fraction of sp³-hybridized carbons (Fsp3) is 0.429. The molecule has 3 rings (SSSR count). The molecule has 1 amide bonds. The van der Waals surface area contributed by atoms with Crippen molar-refractivity contribution in [3.8, 4) is 6.07 Å². The molecule has 0 bridgehead atoms. The molecule has 0 spiro atoms. The Kier molecular flexibility index (Phi) is 2.76. The van der Waals surface area contributed by atoms with Crippen molar-refractivity contribution in [2.75, 3.05) is 11.4 Å². The highest BCUT2D eigenvalue weighted by molar-refractivity contribution is 6.32. The van der Waals surface area contributed by atoms with Crippen LogP contribution >= 0.6 is 11.6 Å². The fourth-order valence-electron chi connectivity index (χ4n) is 2.63. The van der Waals surface area contributed by atoms with Gasteiger partial charge in [-0.1, -0.05) is 11.6 Å². The molecule has 2 aliphatic rings. The second-order valence-corrected chi connectivity index (χ2v) is 5.49. The molecule has 2 fully saturated rings. The smallest absolute Gasteiger partial charge is 0.227 e.